The molecule has 0 radical (unpaired) electrons. The Morgan fingerprint density at radius 3 is 2.30 bits per heavy atom. The van der Waals surface area contributed by atoms with Gasteiger partial charge in [0.05, 0.1) is 6.61 Å². The molecule has 0 aliphatic heterocycles. The van der Waals surface area contributed by atoms with Crippen LogP contribution in [0.5, 0.6) is 5.75 Å². The lowest BCUT2D eigenvalue weighted by molar-refractivity contribution is -0.123. The molecule has 0 atom stereocenters. The molecule has 0 aromatic heterocycles. The summed E-state index contributed by atoms with van der Waals surface area (Å²) in [5, 5.41) is 2.85. The van der Waals surface area contributed by atoms with Crippen molar-refractivity contribution in [1.82, 2.24) is 5.32 Å². The van der Waals surface area contributed by atoms with E-state index in [9.17, 15) is 4.79 Å². The SMILES string of the molecule is CCOCc1ccc(CNC(=O)COc2ccc(C)cc2)cc1. The predicted octanol–water partition coefficient (Wildman–Crippen LogP) is 3.23. The van der Waals surface area contributed by atoms with Crippen LogP contribution in [-0.2, 0) is 22.7 Å². The number of carbonyl (C=O) groups excluding carboxylic acids is 1. The molecule has 0 unspecified atom stereocenters. The van der Waals surface area contributed by atoms with Crippen LogP contribution in [0.15, 0.2) is 48.5 Å². The maximum atomic E-state index is 11.8. The van der Waals surface area contributed by atoms with Gasteiger partial charge in [-0.05, 0) is 37.1 Å². The summed E-state index contributed by atoms with van der Waals surface area (Å²) < 4.78 is 10.8. The Kier molecular flexibility index (Phi) is 6.63. The van der Waals surface area contributed by atoms with E-state index in [1.165, 1.54) is 0 Å². The number of ether oxygens (including phenoxy) is 2. The lowest BCUT2D eigenvalue weighted by Crippen LogP contribution is -2.28. The fraction of sp³-hybridized carbons (Fsp3) is 0.316. The molecular formula is C19H23NO3. The van der Waals surface area contributed by atoms with Crippen LogP contribution in [-0.4, -0.2) is 19.1 Å². The van der Waals surface area contributed by atoms with Crippen LogP contribution in [0.1, 0.15) is 23.6 Å². The zero-order valence-electron chi connectivity index (χ0n) is 13.7. The number of hydrogen-bond acceptors (Lipinski definition) is 3. The highest BCUT2D eigenvalue weighted by Gasteiger charge is 2.03. The van der Waals surface area contributed by atoms with Crippen molar-refractivity contribution in [2.45, 2.75) is 27.0 Å². The molecule has 2 rings (SSSR count). The van der Waals surface area contributed by atoms with Crippen molar-refractivity contribution in [2.75, 3.05) is 13.2 Å². The third kappa shape index (κ3) is 6.12. The van der Waals surface area contributed by atoms with Crippen molar-refractivity contribution in [3.05, 3.63) is 65.2 Å². The highest BCUT2D eigenvalue weighted by molar-refractivity contribution is 5.77. The van der Waals surface area contributed by atoms with E-state index in [-0.39, 0.29) is 12.5 Å². The van der Waals surface area contributed by atoms with E-state index in [1.807, 2.05) is 62.4 Å². The monoisotopic (exact) mass is 313 g/mol. The highest BCUT2D eigenvalue weighted by atomic mass is 16.5. The van der Waals surface area contributed by atoms with Crippen molar-refractivity contribution in [2.24, 2.45) is 0 Å². The van der Waals surface area contributed by atoms with Gasteiger partial charge in [0.15, 0.2) is 6.61 Å². The lowest BCUT2D eigenvalue weighted by Gasteiger charge is -2.08. The van der Waals surface area contributed by atoms with Gasteiger partial charge in [-0.15, -0.1) is 0 Å². The Labute approximate surface area is 137 Å². The second-order valence-electron chi connectivity index (χ2n) is 5.33. The number of nitrogens with one attached hydrogen (secondary N) is 1. The molecule has 23 heavy (non-hydrogen) atoms. The van der Waals surface area contributed by atoms with Crippen molar-refractivity contribution in [3.63, 3.8) is 0 Å². The zero-order chi connectivity index (χ0) is 16.5. The maximum Gasteiger partial charge on any atom is 0.258 e. The number of benzene rings is 2. The number of rotatable bonds is 8. The smallest absolute Gasteiger partial charge is 0.258 e. The Morgan fingerprint density at radius 2 is 1.65 bits per heavy atom. The van der Waals surface area contributed by atoms with Gasteiger partial charge < -0.3 is 14.8 Å². The first kappa shape index (κ1) is 17.0. The Bertz CT molecular complexity index is 606. The third-order valence-corrected chi connectivity index (χ3v) is 3.38. The molecule has 0 aliphatic carbocycles. The van der Waals surface area contributed by atoms with Crippen LogP contribution in [0.3, 0.4) is 0 Å². The molecule has 0 spiro atoms. The summed E-state index contributed by atoms with van der Waals surface area (Å²) in [5.74, 6) is 0.565. The van der Waals surface area contributed by atoms with E-state index >= 15 is 0 Å². The van der Waals surface area contributed by atoms with Gasteiger partial charge in [0.1, 0.15) is 5.75 Å². The summed E-state index contributed by atoms with van der Waals surface area (Å²) in [7, 11) is 0. The van der Waals surface area contributed by atoms with E-state index in [0.717, 1.165) is 16.7 Å². The molecule has 1 amide bonds. The van der Waals surface area contributed by atoms with Crippen molar-refractivity contribution in [3.8, 4) is 5.75 Å². The summed E-state index contributed by atoms with van der Waals surface area (Å²) >= 11 is 0. The second-order valence-corrected chi connectivity index (χ2v) is 5.33. The maximum absolute atomic E-state index is 11.8. The fourth-order valence-electron chi connectivity index (χ4n) is 2.01. The molecule has 0 bridgehead atoms. The van der Waals surface area contributed by atoms with E-state index in [0.29, 0.717) is 25.5 Å². The minimum atomic E-state index is -0.135. The van der Waals surface area contributed by atoms with E-state index in [2.05, 4.69) is 5.32 Å². The van der Waals surface area contributed by atoms with Gasteiger partial charge in [-0.3, -0.25) is 4.79 Å². The van der Waals surface area contributed by atoms with E-state index < -0.39 is 0 Å². The molecule has 0 saturated carbocycles. The van der Waals surface area contributed by atoms with Gasteiger partial charge in [-0.1, -0.05) is 42.0 Å². The minimum absolute atomic E-state index is 0.0193. The number of amides is 1. The van der Waals surface area contributed by atoms with Crippen LogP contribution in [0.25, 0.3) is 0 Å². The van der Waals surface area contributed by atoms with Crippen molar-refractivity contribution in [1.29, 1.82) is 0 Å². The summed E-state index contributed by atoms with van der Waals surface area (Å²) in [4.78, 5) is 11.8. The molecular weight excluding hydrogens is 290 g/mol. The van der Waals surface area contributed by atoms with Gasteiger partial charge in [0, 0.05) is 13.2 Å². The Morgan fingerprint density at radius 1 is 1.00 bits per heavy atom. The summed E-state index contributed by atoms with van der Waals surface area (Å²) in [6.07, 6.45) is 0. The highest BCUT2D eigenvalue weighted by Crippen LogP contribution is 2.11. The minimum Gasteiger partial charge on any atom is -0.484 e. The standard InChI is InChI=1S/C19H23NO3/c1-3-22-13-17-8-6-16(7-9-17)12-20-19(21)14-23-18-10-4-15(2)5-11-18/h4-11H,3,12-14H2,1-2H3,(H,20,21). The summed E-state index contributed by atoms with van der Waals surface area (Å²) in [6.45, 7) is 5.82. The van der Waals surface area contributed by atoms with Gasteiger partial charge >= 0.3 is 0 Å². The molecule has 0 fully saturated rings. The first-order chi connectivity index (χ1) is 11.2. The summed E-state index contributed by atoms with van der Waals surface area (Å²) in [6, 6.07) is 15.7. The van der Waals surface area contributed by atoms with Crippen molar-refractivity contribution >= 4 is 5.91 Å². The molecule has 2 aromatic carbocycles. The normalized spacial score (nSPS) is 10.3. The number of aryl methyl sites for hydroxylation is 1. The largest absolute Gasteiger partial charge is 0.484 e. The van der Waals surface area contributed by atoms with Crippen LogP contribution in [0, 0.1) is 6.92 Å². The average molecular weight is 313 g/mol. The molecule has 4 nitrogen and oxygen atoms in total. The fourth-order valence-corrected chi connectivity index (χ4v) is 2.01. The van der Waals surface area contributed by atoms with Crippen LogP contribution < -0.4 is 10.1 Å². The lowest BCUT2D eigenvalue weighted by atomic mass is 10.1. The molecule has 1 N–H and O–H groups in total. The van der Waals surface area contributed by atoms with Gasteiger partial charge in [0.25, 0.3) is 5.91 Å². The Balaban J connectivity index is 1.72. The van der Waals surface area contributed by atoms with Gasteiger partial charge in [-0.25, -0.2) is 0 Å². The quantitative estimate of drug-likeness (QED) is 0.814. The van der Waals surface area contributed by atoms with Crippen LogP contribution in [0.4, 0.5) is 0 Å². The van der Waals surface area contributed by atoms with Gasteiger partial charge in [-0.2, -0.15) is 0 Å². The van der Waals surface area contributed by atoms with Crippen LogP contribution in [0.2, 0.25) is 0 Å². The predicted molar refractivity (Wildman–Crippen MR) is 90.3 cm³/mol. The number of hydrogen-bond donors (Lipinski definition) is 1. The average Bonchev–Trinajstić information content (AvgIpc) is 2.58. The molecule has 4 heteroatoms. The third-order valence-electron chi connectivity index (χ3n) is 3.38. The first-order valence-corrected chi connectivity index (χ1v) is 7.79. The van der Waals surface area contributed by atoms with E-state index in [1.54, 1.807) is 0 Å². The Hall–Kier alpha value is -2.33. The molecule has 0 heterocycles. The molecule has 122 valence electrons. The zero-order valence-corrected chi connectivity index (χ0v) is 13.7. The van der Waals surface area contributed by atoms with Gasteiger partial charge in [0.2, 0.25) is 0 Å². The molecule has 0 saturated heterocycles. The molecule has 2 aromatic rings. The van der Waals surface area contributed by atoms with Crippen molar-refractivity contribution < 1.29 is 14.3 Å². The summed E-state index contributed by atoms with van der Waals surface area (Å²) in [5.41, 5.74) is 3.34. The topological polar surface area (TPSA) is 47.6 Å². The first-order valence-electron chi connectivity index (χ1n) is 7.79. The van der Waals surface area contributed by atoms with Crippen LogP contribution >= 0.6 is 0 Å². The van der Waals surface area contributed by atoms with E-state index in [4.69, 9.17) is 9.47 Å². The number of carbonyl (C=O) groups is 1. The molecule has 0 aliphatic rings. The second kappa shape index (κ2) is 8.96.